The normalized spacial score (nSPS) is 17.7. The van der Waals surface area contributed by atoms with Crippen LogP contribution in [0.15, 0.2) is 72.8 Å². The molecule has 22 heteroatoms. The van der Waals surface area contributed by atoms with Crippen molar-refractivity contribution in [3.05, 3.63) is 101 Å². The summed E-state index contributed by atoms with van der Waals surface area (Å²) < 4.78 is 23.0. The van der Waals surface area contributed by atoms with Crippen LogP contribution in [0.4, 0.5) is 15.9 Å². The van der Waals surface area contributed by atoms with Gasteiger partial charge in [0.05, 0.1) is 51.7 Å². The zero-order valence-electron chi connectivity index (χ0n) is 41.2. The number of piperazine rings is 1. The number of hydrogen-bond acceptors (Lipinski definition) is 14. The molecule has 3 fully saturated rings. The summed E-state index contributed by atoms with van der Waals surface area (Å²) in [6.45, 7) is 9.29. The quantitative estimate of drug-likeness (QED) is 0.0714. The average Bonchev–Trinajstić information content (AvgIpc) is 3.68. The van der Waals surface area contributed by atoms with Gasteiger partial charge in [0.2, 0.25) is 23.6 Å². The van der Waals surface area contributed by atoms with Crippen LogP contribution < -0.4 is 21.3 Å². The highest BCUT2D eigenvalue weighted by molar-refractivity contribution is 7.13. The van der Waals surface area contributed by atoms with E-state index in [2.05, 4.69) is 46.3 Å². The van der Waals surface area contributed by atoms with Gasteiger partial charge in [0, 0.05) is 88.2 Å². The number of aryl methyl sites for hydroxylation is 1. The van der Waals surface area contributed by atoms with Crippen LogP contribution in [-0.2, 0) is 30.5 Å². The van der Waals surface area contributed by atoms with Crippen molar-refractivity contribution >= 4 is 58.0 Å². The molecule has 6 N–H and O–H groups in total. The van der Waals surface area contributed by atoms with Gasteiger partial charge in [-0.3, -0.25) is 38.4 Å². The molecule has 3 atom stereocenters. The zero-order valence-corrected chi connectivity index (χ0v) is 42.0. The summed E-state index contributed by atoms with van der Waals surface area (Å²) in [4.78, 5) is 86.6. The van der Waals surface area contributed by atoms with Gasteiger partial charge in [-0.25, -0.2) is 19.3 Å². The molecule has 5 amide bonds. The fourth-order valence-corrected chi connectivity index (χ4v) is 9.94. The van der Waals surface area contributed by atoms with Gasteiger partial charge in [-0.1, -0.05) is 45.0 Å². The van der Waals surface area contributed by atoms with Crippen molar-refractivity contribution in [2.75, 3.05) is 64.3 Å². The number of thiazole rings is 1. The van der Waals surface area contributed by atoms with Gasteiger partial charge in [0.25, 0.3) is 5.91 Å². The Morgan fingerprint density at radius 3 is 2.41 bits per heavy atom. The number of aromatic amines is 1. The standard InChI is InChI=1S/C51H60FN13O7S/c1-30-44(73-29-56-30)33-7-5-31(6-8-33)21-55-48(69)40-20-36(66)25-65(40)50(71)45(51(2,3)4)61-43(68)28-72-27-42(67)53-13-14-62-15-17-63(18-16-62)49(70)34-11-12-38(37(52)19-34)59-46-47-54-24-41(35-22-57-58-23-35)64(47)26-39(60-46)32-9-10-32/h5-8,11-12,19,22-24,26,29,32,36,40,45,66H,9-10,13-18,20-21,25,27-28H2,1-4H3,(H,53,67)(H,55,69)(H,57,58)(H,59,60)(H,61,68)/t36-,40+,45-/m1/s1. The molecule has 1 saturated carbocycles. The molecule has 6 aromatic rings. The molecular weight excluding hydrogens is 958 g/mol. The molecule has 3 aliphatic rings. The second-order valence-corrected chi connectivity index (χ2v) is 20.7. The van der Waals surface area contributed by atoms with Gasteiger partial charge >= 0.3 is 0 Å². The van der Waals surface area contributed by atoms with E-state index in [1.54, 1.807) is 67.2 Å². The first-order valence-electron chi connectivity index (χ1n) is 24.4. The minimum absolute atomic E-state index is 0.0541. The predicted molar refractivity (Wildman–Crippen MR) is 270 cm³/mol. The first kappa shape index (κ1) is 50.8. The van der Waals surface area contributed by atoms with E-state index in [9.17, 15) is 29.1 Å². The Balaban J connectivity index is 0.688. The molecule has 1 aliphatic carbocycles. The first-order chi connectivity index (χ1) is 35.1. The molecule has 384 valence electrons. The average molecular weight is 1020 g/mol. The van der Waals surface area contributed by atoms with E-state index in [1.807, 2.05) is 41.8 Å². The highest BCUT2D eigenvalue weighted by Crippen LogP contribution is 2.41. The number of H-pyrrole nitrogens is 1. The lowest BCUT2D eigenvalue weighted by atomic mass is 9.85. The Morgan fingerprint density at radius 1 is 0.959 bits per heavy atom. The minimum Gasteiger partial charge on any atom is -0.391 e. The summed E-state index contributed by atoms with van der Waals surface area (Å²) >= 11 is 1.56. The monoisotopic (exact) mass is 1020 g/mol. The number of fused-ring (bicyclic) bond motifs is 1. The summed E-state index contributed by atoms with van der Waals surface area (Å²) in [5, 5.41) is 29.0. The number of likely N-dealkylation sites (tertiary alicyclic amines) is 1. The maximum atomic E-state index is 15.7. The smallest absolute Gasteiger partial charge is 0.254 e. The molecule has 2 aliphatic heterocycles. The molecule has 2 saturated heterocycles. The van der Waals surface area contributed by atoms with E-state index in [4.69, 9.17) is 9.72 Å². The van der Waals surface area contributed by atoms with Crippen molar-refractivity contribution in [1.29, 1.82) is 0 Å². The number of carbonyl (C=O) groups is 5. The number of amides is 5. The lowest BCUT2D eigenvalue weighted by molar-refractivity contribution is -0.145. The molecular formula is C51H60FN13O7S. The molecule has 0 bridgehead atoms. The van der Waals surface area contributed by atoms with Crippen molar-refractivity contribution in [2.45, 2.75) is 77.6 Å². The third-order valence-corrected chi connectivity index (χ3v) is 14.3. The summed E-state index contributed by atoms with van der Waals surface area (Å²) in [7, 11) is 0. The number of imidazole rings is 1. The van der Waals surface area contributed by atoms with Gasteiger partial charge in [-0.15, -0.1) is 11.3 Å². The van der Waals surface area contributed by atoms with Crippen molar-refractivity contribution in [2.24, 2.45) is 5.41 Å². The maximum absolute atomic E-state index is 15.7. The van der Waals surface area contributed by atoms with Gasteiger partial charge in [-0.2, -0.15) is 5.10 Å². The molecule has 20 nitrogen and oxygen atoms in total. The van der Waals surface area contributed by atoms with Gasteiger partial charge in [-0.05, 0) is 54.5 Å². The number of nitrogens with zero attached hydrogens (tertiary/aromatic N) is 8. The van der Waals surface area contributed by atoms with Crippen LogP contribution in [0.3, 0.4) is 0 Å². The summed E-state index contributed by atoms with van der Waals surface area (Å²) in [5.74, 6) is -2.12. The van der Waals surface area contributed by atoms with Crippen molar-refractivity contribution in [1.82, 2.24) is 60.2 Å². The van der Waals surface area contributed by atoms with Crippen molar-refractivity contribution in [3.63, 3.8) is 0 Å². The fraction of sp³-hybridized carbons (Fsp3) is 0.431. The Hall–Kier alpha value is -7.14. The molecule has 6 heterocycles. The number of aliphatic hydroxyl groups is 1. The van der Waals surface area contributed by atoms with Crippen LogP contribution in [0, 0.1) is 18.2 Å². The summed E-state index contributed by atoms with van der Waals surface area (Å²) in [6, 6.07) is 10.2. The number of ether oxygens (including phenoxy) is 1. The maximum Gasteiger partial charge on any atom is 0.254 e. The molecule has 73 heavy (non-hydrogen) atoms. The van der Waals surface area contributed by atoms with Crippen molar-refractivity contribution < 1.29 is 38.2 Å². The molecule has 4 aromatic heterocycles. The number of benzene rings is 2. The number of rotatable bonds is 18. The lowest BCUT2D eigenvalue weighted by Crippen LogP contribution is -2.58. The first-order valence-corrected chi connectivity index (χ1v) is 25.3. The molecule has 0 spiro atoms. The van der Waals surface area contributed by atoms with Crippen LogP contribution in [0.5, 0.6) is 0 Å². The van der Waals surface area contributed by atoms with Crippen LogP contribution in [-0.4, -0.2) is 156 Å². The number of aliphatic hydroxyl groups excluding tert-OH is 1. The van der Waals surface area contributed by atoms with E-state index >= 15 is 4.39 Å². The van der Waals surface area contributed by atoms with E-state index in [0.29, 0.717) is 56.7 Å². The molecule has 2 aromatic carbocycles. The largest absolute Gasteiger partial charge is 0.391 e. The Labute approximate surface area is 425 Å². The molecule has 9 rings (SSSR count). The van der Waals surface area contributed by atoms with E-state index < -0.39 is 66.3 Å². The van der Waals surface area contributed by atoms with Crippen molar-refractivity contribution in [3.8, 4) is 21.7 Å². The zero-order chi connectivity index (χ0) is 51.4. The lowest BCUT2D eigenvalue weighted by Gasteiger charge is -2.35. The topological polar surface area (TPSA) is 244 Å². The number of anilines is 2. The summed E-state index contributed by atoms with van der Waals surface area (Å²) in [5.41, 5.74) is 7.36. The number of halogens is 1. The number of aromatic nitrogens is 6. The second-order valence-electron chi connectivity index (χ2n) is 19.9. The van der Waals surface area contributed by atoms with Crippen LogP contribution in [0.1, 0.15) is 73.3 Å². The van der Waals surface area contributed by atoms with Crippen LogP contribution >= 0.6 is 11.3 Å². The molecule has 0 unspecified atom stereocenters. The molecule has 0 radical (unpaired) electrons. The van der Waals surface area contributed by atoms with Gasteiger partial charge < -0.3 is 40.9 Å². The fourth-order valence-electron chi connectivity index (χ4n) is 9.13. The highest BCUT2D eigenvalue weighted by atomic mass is 32.1. The van der Waals surface area contributed by atoms with E-state index in [1.165, 1.54) is 17.0 Å². The Morgan fingerprint density at radius 2 is 1.73 bits per heavy atom. The number of β-amino-alcohol motifs (C(OH)–C–C–N with tert-alkyl or cyclic N) is 1. The minimum atomic E-state index is -1.06. The van der Waals surface area contributed by atoms with E-state index in [-0.39, 0.29) is 36.7 Å². The number of nitrogens with one attached hydrogen (secondary N) is 5. The Bertz CT molecular complexity index is 2960. The van der Waals surface area contributed by atoms with Crippen LogP contribution in [0.2, 0.25) is 0 Å². The predicted octanol–water partition coefficient (Wildman–Crippen LogP) is 4.01. The third-order valence-electron chi connectivity index (χ3n) is 13.4. The number of carbonyl (C=O) groups excluding carboxylic acids is 5. The third kappa shape index (κ3) is 12.0. The van der Waals surface area contributed by atoms with Crippen LogP contribution in [0.25, 0.3) is 27.3 Å². The Kier molecular flexibility index (Phi) is 15.2. The van der Waals surface area contributed by atoms with Gasteiger partial charge in [0.15, 0.2) is 11.5 Å². The van der Waals surface area contributed by atoms with Gasteiger partial charge in [0.1, 0.15) is 31.1 Å². The van der Waals surface area contributed by atoms with E-state index in [0.717, 1.165) is 51.5 Å². The summed E-state index contributed by atoms with van der Waals surface area (Å²) in [6.07, 6.45) is 8.39. The highest BCUT2D eigenvalue weighted by Gasteiger charge is 2.44. The second kappa shape index (κ2) is 21.9. The number of hydrogen-bond donors (Lipinski definition) is 6. The SMILES string of the molecule is Cc1ncsc1-c1ccc(CNC(=O)[C@@H]2C[C@@H](O)CN2C(=O)[C@@H](NC(=O)COCC(=O)NCCN2CCN(C(=O)c3ccc(Nc4nc(C5CC5)cn5c(-c6cn[nH]c6)cnc45)c(F)c3)CC2)C(C)(C)C)cc1.